The number of thiocarbonyl (C=S) groups is 1. The highest BCUT2D eigenvalue weighted by atomic mass is 32.1. The van der Waals surface area contributed by atoms with Gasteiger partial charge < -0.3 is 0 Å². The number of hydrogen-bond acceptors (Lipinski definition) is 2. The van der Waals surface area contributed by atoms with E-state index >= 15 is 0 Å². The number of rotatable bonds is 3. The second-order valence-electron chi connectivity index (χ2n) is 3.99. The standard InChI is InChI=1S/C12H15NS/c1-4-12(2,3)10-5-7-11(8-6-10)13-9-14/h5-8H,4H2,1-3H3. The van der Waals surface area contributed by atoms with E-state index in [-0.39, 0.29) is 5.41 Å². The van der Waals surface area contributed by atoms with E-state index in [9.17, 15) is 0 Å². The van der Waals surface area contributed by atoms with E-state index in [0.29, 0.717) is 0 Å². The summed E-state index contributed by atoms with van der Waals surface area (Å²) in [4.78, 5) is 3.92. The Hall–Kier alpha value is -0.980. The van der Waals surface area contributed by atoms with E-state index in [2.05, 4.69) is 55.3 Å². The third-order valence-electron chi connectivity index (χ3n) is 2.71. The first-order chi connectivity index (χ1) is 6.60. The zero-order valence-corrected chi connectivity index (χ0v) is 9.69. The Balaban J connectivity index is 2.99. The van der Waals surface area contributed by atoms with Crippen molar-refractivity contribution in [3.05, 3.63) is 29.8 Å². The SMILES string of the molecule is CCC(C)(C)c1ccc(N=C=S)cc1. The number of nitrogens with zero attached hydrogens (tertiary/aromatic N) is 1. The van der Waals surface area contributed by atoms with E-state index in [1.807, 2.05) is 12.1 Å². The minimum Gasteiger partial charge on any atom is -0.195 e. The Morgan fingerprint density at radius 1 is 1.29 bits per heavy atom. The summed E-state index contributed by atoms with van der Waals surface area (Å²) < 4.78 is 0. The van der Waals surface area contributed by atoms with Crippen molar-refractivity contribution in [2.45, 2.75) is 32.6 Å². The van der Waals surface area contributed by atoms with Crippen molar-refractivity contribution in [3.63, 3.8) is 0 Å². The highest BCUT2D eigenvalue weighted by molar-refractivity contribution is 7.78. The van der Waals surface area contributed by atoms with E-state index in [0.717, 1.165) is 12.1 Å². The normalized spacial score (nSPS) is 10.8. The van der Waals surface area contributed by atoms with Gasteiger partial charge in [-0.05, 0) is 41.7 Å². The van der Waals surface area contributed by atoms with Crippen LogP contribution in [0.5, 0.6) is 0 Å². The molecule has 1 rings (SSSR count). The summed E-state index contributed by atoms with van der Waals surface area (Å²) in [7, 11) is 0. The second kappa shape index (κ2) is 4.50. The summed E-state index contributed by atoms with van der Waals surface area (Å²) in [5.41, 5.74) is 2.44. The maximum Gasteiger partial charge on any atom is 0.0739 e. The molecule has 1 aromatic carbocycles. The molecule has 0 N–H and O–H groups in total. The van der Waals surface area contributed by atoms with Crippen molar-refractivity contribution in [2.24, 2.45) is 4.99 Å². The summed E-state index contributed by atoms with van der Waals surface area (Å²) in [5, 5.41) is 2.36. The van der Waals surface area contributed by atoms with Crippen LogP contribution in [0, 0.1) is 0 Å². The van der Waals surface area contributed by atoms with Crippen LogP contribution in [0.15, 0.2) is 29.3 Å². The van der Waals surface area contributed by atoms with Crippen LogP contribution in [-0.4, -0.2) is 5.16 Å². The molecule has 0 heterocycles. The Labute approximate surface area is 90.9 Å². The largest absolute Gasteiger partial charge is 0.195 e. The number of benzene rings is 1. The molecule has 0 aliphatic carbocycles. The van der Waals surface area contributed by atoms with Crippen LogP contribution in [0.3, 0.4) is 0 Å². The molecule has 0 aliphatic rings. The number of aliphatic imine (C=N–C) groups is 1. The molecule has 0 saturated carbocycles. The topological polar surface area (TPSA) is 12.4 Å². The smallest absolute Gasteiger partial charge is 0.0739 e. The molecule has 0 aliphatic heterocycles. The fraction of sp³-hybridized carbons (Fsp3) is 0.417. The van der Waals surface area contributed by atoms with Gasteiger partial charge in [0.1, 0.15) is 0 Å². The molecular formula is C12H15NS. The van der Waals surface area contributed by atoms with Crippen molar-refractivity contribution in [1.29, 1.82) is 0 Å². The summed E-state index contributed by atoms with van der Waals surface area (Å²) in [6.07, 6.45) is 1.13. The van der Waals surface area contributed by atoms with E-state index in [1.54, 1.807) is 0 Å². The molecule has 0 aromatic heterocycles. The summed E-state index contributed by atoms with van der Waals surface area (Å²) >= 11 is 4.55. The molecule has 14 heavy (non-hydrogen) atoms. The van der Waals surface area contributed by atoms with E-state index in [1.165, 1.54) is 5.56 Å². The first kappa shape index (κ1) is 11.1. The van der Waals surface area contributed by atoms with Crippen molar-refractivity contribution in [1.82, 2.24) is 0 Å². The Morgan fingerprint density at radius 2 is 1.86 bits per heavy atom. The van der Waals surface area contributed by atoms with Crippen LogP contribution in [-0.2, 0) is 5.41 Å². The van der Waals surface area contributed by atoms with E-state index < -0.39 is 0 Å². The molecular weight excluding hydrogens is 190 g/mol. The van der Waals surface area contributed by atoms with Gasteiger partial charge in [-0.3, -0.25) is 0 Å². The van der Waals surface area contributed by atoms with Gasteiger partial charge in [0.25, 0.3) is 0 Å². The molecule has 0 bridgehead atoms. The van der Waals surface area contributed by atoms with Crippen molar-refractivity contribution in [3.8, 4) is 0 Å². The van der Waals surface area contributed by atoms with Gasteiger partial charge in [0.15, 0.2) is 0 Å². The predicted molar refractivity (Wildman–Crippen MR) is 64.4 cm³/mol. The van der Waals surface area contributed by atoms with Gasteiger partial charge in [0, 0.05) is 0 Å². The lowest BCUT2D eigenvalue weighted by Crippen LogP contribution is -2.14. The molecule has 2 heteroatoms. The van der Waals surface area contributed by atoms with Gasteiger partial charge >= 0.3 is 0 Å². The summed E-state index contributed by atoms with van der Waals surface area (Å²) in [6.45, 7) is 6.68. The number of isothiocyanates is 1. The lowest BCUT2D eigenvalue weighted by Gasteiger charge is -2.23. The van der Waals surface area contributed by atoms with Gasteiger partial charge in [-0.2, -0.15) is 4.99 Å². The lowest BCUT2D eigenvalue weighted by molar-refractivity contribution is 0.506. The first-order valence-electron chi connectivity index (χ1n) is 4.78. The quantitative estimate of drug-likeness (QED) is 0.534. The van der Waals surface area contributed by atoms with E-state index in [4.69, 9.17) is 0 Å². The highest BCUT2D eigenvalue weighted by Gasteiger charge is 2.17. The molecule has 0 saturated heterocycles. The van der Waals surface area contributed by atoms with Gasteiger partial charge in [0.05, 0.1) is 10.8 Å². The Kier molecular flexibility index (Phi) is 3.56. The van der Waals surface area contributed by atoms with Gasteiger partial charge in [-0.25, -0.2) is 0 Å². The monoisotopic (exact) mass is 205 g/mol. The van der Waals surface area contributed by atoms with Crippen LogP contribution >= 0.6 is 12.2 Å². The molecule has 1 nitrogen and oxygen atoms in total. The average molecular weight is 205 g/mol. The van der Waals surface area contributed by atoms with Crippen molar-refractivity contribution < 1.29 is 0 Å². The third kappa shape index (κ3) is 2.50. The zero-order valence-electron chi connectivity index (χ0n) is 8.87. The third-order valence-corrected chi connectivity index (χ3v) is 2.80. The van der Waals surface area contributed by atoms with Crippen LogP contribution in [0.1, 0.15) is 32.8 Å². The zero-order chi connectivity index (χ0) is 10.6. The lowest BCUT2D eigenvalue weighted by atomic mass is 9.82. The maximum absolute atomic E-state index is 4.55. The Bertz CT molecular complexity index is 345. The maximum atomic E-state index is 4.55. The summed E-state index contributed by atoms with van der Waals surface area (Å²) in [5.74, 6) is 0. The van der Waals surface area contributed by atoms with Crippen molar-refractivity contribution >= 4 is 23.1 Å². The number of hydrogen-bond donors (Lipinski definition) is 0. The van der Waals surface area contributed by atoms with Crippen LogP contribution in [0.25, 0.3) is 0 Å². The van der Waals surface area contributed by atoms with Gasteiger partial charge in [0.2, 0.25) is 0 Å². The first-order valence-corrected chi connectivity index (χ1v) is 5.19. The minimum absolute atomic E-state index is 0.236. The predicted octanol–water partition coefficient (Wildman–Crippen LogP) is 4.11. The fourth-order valence-corrected chi connectivity index (χ4v) is 1.35. The van der Waals surface area contributed by atoms with Crippen LogP contribution in [0.4, 0.5) is 5.69 Å². The second-order valence-corrected chi connectivity index (χ2v) is 4.17. The average Bonchev–Trinajstić information content (AvgIpc) is 2.19. The van der Waals surface area contributed by atoms with Crippen LogP contribution < -0.4 is 0 Å². The minimum atomic E-state index is 0.236. The molecule has 1 aromatic rings. The van der Waals surface area contributed by atoms with Gasteiger partial charge in [-0.1, -0.05) is 32.9 Å². The van der Waals surface area contributed by atoms with Crippen molar-refractivity contribution in [2.75, 3.05) is 0 Å². The molecule has 0 fully saturated rings. The van der Waals surface area contributed by atoms with Crippen LogP contribution in [0.2, 0.25) is 0 Å². The highest BCUT2D eigenvalue weighted by Crippen LogP contribution is 2.27. The Morgan fingerprint density at radius 3 is 2.29 bits per heavy atom. The summed E-state index contributed by atoms with van der Waals surface area (Å²) in [6, 6.07) is 8.17. The molecule has 0 atom stereocenters. The molecule has 74 valence electrons. The molecule has 0 amide bonds. The molecule has 0 unspecified atom stereocenters. The molecule has 0 radical (unpaired) electrons. The molecule has 0 spiro atoms. The fourth-order valence-electron chi connectivity index (χ4n) is 1.24. The van der Waals surface area contributed by atoms with Gasteiger partial charge in [-0.15, -0.1) is 0 Å².